The smallest absolute Gasteiger partial charge is 0.329 e. The van der Waals surface area contributed by atoms with Gasteiger partial charge in [-0.1, -0.05) is 30.3 Å². The lowest BCUT2D eigenvalue weighted by atomic mass is 10.1. The van der Waals surface area contributed by atoms with Crippen molar-refractivity contribution in [2.24, 2.45) is 0 Å². The summed E-state index contributed by atoms with van der Waals surface area (Å²) in [4.78, 5) is 23.0. The van der Waals surface area contributed by atoms with Crippen molar-refractivity contribution in [3.05, 3.63) is 35.9 Å². The molecule has 1 aromatic rings. The average molecular weight is 249 g/mol. The summed E-state index contributed by atoms with van der Waals surface area (Å²) in [6.07, 6.45) is 0.168. The SMILES string of the molecule is CO[C@@H](C(=O)NC1(C(=O)O)CC1)c1ccccc1. The maximum atomic E-state index is 12.0. The summed E-state index contributed by atoms with van der Waals surface area (Å²) in [5, 5.41) is 11.6. The highest BCUT2D eigenvalue weighted by Gasteiger charge is 2.52. The monoisotopic (exact) mass is 249 g/mol. The first-order valence-corrected chi connectivity index (χ1v) is 5.72. The predicted octanol–water partition coefficient (Wildman–Crippen LogP) is 1.11. The maximum absolute atomic E-state index is 12.0. The van der Waals surface area contributed by atoms with Crippen molar-refractivity contribution in [2.75, 3.05) is 7.11 Å². The summed E-state index contributed by atoms with van der Waals surface area (Å²) in [6.45, 7) is 0. The molecular weight excluding hydrogens is 234 g/mol. The zero-order chi connectivity index (χ0) is 13.2. The van der Waals surface area contributed by atoms with E-state index in [9.17, 15) is 9.59 Å². The van der Waals surface area contributed by atoms with Gasteiger partial charge in [-0.25, -0.2) is 4.79 Å². The number of methoxy groups -OCH3 is 1. The fourth-order valence-corrected chi connectivity index (χ4v) is 1.84. The molecule has 0 saturated heterocycles. The highest BCUT2D eigenvalue weighted by molar-refractivity contribution is 5.91. The van der Waals surface area contributed by atoms with Crippen LogP contribution in [-0.2, 0) is 14.3 Å². The summed E-state index contributed by atoms with van der Waals surface area (Å²) in [5.41, 5.74) is -0.374. The molecule has 1 fully saturated rings. The molecule has 1 aliphatic rings. The topological polar surface area (TPSA) is 75.6 Å². The number of carbonyl (C=O) groups is 2. The third kappa shape index (κ3) is 2.36. The van der Waals surface area contributed by atoms with Crippen LogP contribution in [0.5, 0.6) is 0 Å². The van der Waals surface area contributed by atoms with Gasteiger partial charge < -0.3 is 15.2 Å². The number of carboxylic acid groups (broad SMARTS) is 1. The Balaban J connectivity index is 2.10. The molecule has 0 unspecified atom stereocenters. The molecule has 1 amide bonds. The molecule has 0 bridgehead atoms. The van der Waals surface area contributed by atoms with Gasteiger partial charge in [0.15, 0.2) is 6.10 Å². The van der Waals surface area contributed by atoms with E-state index in [1.165, 1.54) is 7.11 Å². The molecule has 1 atom stereocenters. The van der Waals surface area contributed by atoms with E-state index in [0.29, 0.717) is 18.4 Å². The molecule has 18 heavy (non-hydrogen) atoms. The van der Waals surface area contributed by atoms with Crippen molar-refractivity contribution in [3.8, 4) is 0 Å². The Morgan fingerprint density at radius 3 is 2.39 bits per heavy atom. The van der Waals surface area contributed by atoms with Gasteiger partial charge >= 0.3 is 5.97 Å². The summed E-state index contributed by atoms with van der Waals surface area (Å²) in [6, 6.07) is 8.99. The molecule has 0 heterocycles. The van der Waals surface area contributed by atoms with Crippen LogP contribution in [0.25, 0.3) is 0 Å². The predicted molar refractivity (Wildman–Crippen MR) is 63.9 cm³/mol. The fraction of sp³-hybridized carbons (Fsp3) is 0.385. The van der Waals surface area contributed by atoms with Crippen LogP contribution in [0, 0.1) is 0 Å². The first-order chi connectivity index (χ1) is 8.59. The van der Waals surface area contributed by atoms with Crippen molar-refractivity contribution in [2.45, 2.75) is 24.5 Å². The number of hydrogen-bond donors (Lipinski definition) is 2. The standard InChI is InChI=1S/C13H15NO4/c1-18-10(9-5-3-2-4-6-9)11(15)14-13(7-8-13)12(16)17/h2-6,10H,7-8H2,1H3,(H,14,15)(H,16,17)/t10-/m1/s1. The Morgan fingerprint density at radius 2 is 1.94 bits per heavy atom. The molecule has 0 spiro atoms. The van der Waals surface area contributed by atoms with Crippen LogP contribution >= 0.6 is 0 Å². The highest BCUT2D eigenvalue weighted by Crippen LogP contribution is 2.36. The van der Waals surface area contributed by atoms with E-state index < -0.39 is 23.5 Å². The molecule has 5 heteroatoms. The zero-order valence-corrected chi connectivity index (χ0v) is 10.1. The van der Waals surface area contributed by atoms with Crippen LogP contribution in [-0.4, -0.2) is 29.6 Å². The Hall–Kier alpha value is -1.88. The zero-order valence-electron chi connectivity index (χ0n) is 10.1. The van der Waals surface area contributed by atoms with Crippen molar-refractivity contribution in [1.82, 2.24) is 5.32 Å². The maximum Gasteiger partial charge on any atom is 0.329 e. The Labute approximate surface area is 105 Å². The molecular formula is C13H15NO4. The fourth-order valence-electron chi connectivity index (χ4n) is 1.84. The molecule has 1 aliphatic carbocycles. The molecule has 1 aromatic carbocycles. The summed E-state index contributed by atoms with van der Waals surface area (Å²) in [7, 11) is 1.43. The number of benzene rings is 1. The van der Waals surface area contributed by atoms with E-state index >= 15 is 0 Å². The third-order valence-electron chi connectivity index (χ3n) is 3.10. The number of amides is 1. The van der Waals surface area contributed by atoms with E-state index in [1.54, 1.807) is 24.3 Å². The van der Waals surface area contributed by atoms with Crippen molar-refractivity contribution in [1.29, 1.82) is 0 Å². The van der Waals surface area contributed by atoms with Crippen LogP contribution in [0.1, 0.15) is 24.5 Å². The molecule has 0 aromatic heterocycles. The average Bonchev–Trinajstić information content (AvgIpc) is 3.12. The molecule has 1 saturated carbocycles. The lowest BCUT2D eigenvalue weighted by molar-refractivity contribution is -0.145. The number of hydrogen-bond acceptors (Lipinski definition) is 3. The van der Waals surface area contributed by atoms with Gasteiger partial charge in [0.05, 0.1) is 0 Å². The second kappa shape index (κ2) is 4.78. The number of carbonyl (C=O) groups excluding carboxylic acids is 1. The minimum atomic E-state index is -1.08. The first-order valence-electron chi connectivity index (χ1n) is 5.72. The Morgan fingerprint density at radius 1 is 1.33 bits per heavy atom. The second-order valence-corrected chi connectivity index (χ2v) is 4.40. The second-order valence-electron chi connectivity index (χ2n) is 4.40. The molecule has 0 aliphatic heterocycles. The van der Waals surface area contributed by atoms with Crippen LogP contribution < -0.4 is 5.32 Å². The van der Waals surface area contributed by atoms with E-state index in [0.717, 1.165) is 0 Å². The largest absolute Gasteiger partial charge is 0.480 e. The lowest BCUT2D eigenvalue weighted by Gasteiger charge is -2.19. The van der Waals surface area contributed by atoms with Gasteiger partial charge in [0.1, 0.15) is 5.54 Å². The van der Waals surface area contributed by atoms with Crippen molar-refractivity contribution in [3.63, 3.8) is 0 Å². The van der Waals surface area contributed by atoms with Crippen molar-refractivity contribution < 1.29 is 19.4 Å². The number of nitrogens with one attached hydrogen (secondary N) is 1. The first kappa shape index (κ1) is 12.6. The quantitative estimate of drug-likeness (QED) is 0.819. The number of rotatable bonds is 5. The molecule has 5 nitrogen and oxygen atoms in total. The number of carboxylic acids is 1. The summed E-state index contributed by atoms with van der Waals surface area (Å²) >= 11 is 0. The van der Waals surface area contributed by atoms with Gasteiger partial charge in [0, 0.05) is 7.11 Å². The third-order valence-corrected chi connectivity index (χ3v) is 3.10. The van der Waals surface area contributed by atoms with Gasteiger partial charge in [-0.05, 0) is 18.4 Å². The minimum Gasteiger partial charge on any atom is -0.480 e. The van der Waals surface area contributed by atoms with Gasteiger partial charge in [0.2, 0.25) is 0 Å². The van der Waals surface area contributed by atoms with Gasteiger partial charge in [-0.3, -0.25) is 4.79 Å². The van der Waals surface area contributed by atoms with Gasteiger partial charge in [-0.2, -0.15) is 0 Å². The number of aliphatic carboxylic acids is 1. The summed E-state index contributed by atoms with van der Waals surface area (Å²) in [5.74, 6) is -1.40. The molecule has 96 valence electrons. The van der Waals surface area contributed by atoms with Crippen LogP contribution in [0.2, 0.25) is 0 Å². The Kier molecular flexibility index (Phi) is 3.34. The van der Waals surface area contributed by atoms with Gasteiger partial charge in [0.25, 0.3) is 5.91 Å². The number of ether oxygens (including phenoxy) is 1. The van der Waals surface area contributed by atoms with E-state index in [-0.39, 0.29) is 0 Å². The molecule has 2 N–H and O–H groups in total. The normalized spacial score (nSPS) is 17.8. The van der Waals surface area contributed by atoms with Crippen LogP contribution in [0.3, 0.4) is 0 Å². The Bertz CT molecular complexity index is 453. The van der Waals surface area contributed by atoms with Crippen LogP contribution in [0.4, 0.5) is 0 Å². The lowest BCUT2D eigenvalue weighted by Crippen LogP contribution is -2.45. The summed E-state index contributed by atoms with van der Waals surface area (Å²) < 4.78 is 5.15. The van der Waals surface area contributed by atoms with Gasteiger partial charge in [-0.15, -0.1) is 0 Å². The van der Waals surface area contributed by atoms with E-state index in [4.69, 9.17) is 9.84 Å². The van der Waals surface area contributed by atoms with E-state index in [1.807, 2.05) is 6.07 Å². The molecule has 0 radical (unpaired) electrons. The van der Waals surface area contributed by atoms with Crippen molar-refractivity contribution >= 4 is 11.9 Å². The highest BCUT2D eigenvalue weighted by atomic mass is 16.5. The van der Waals surface area contributed by atoms with Crippen LogP contribution in [0.15, 0.2) is 30.3 Å². The minimum absolute atomic E-state index is 0.413. The molecule has 2 rings (SSSR count). The van der Waals surface area contributed by atoms with E-state index in [2.05, 4.69) is 5.32 Å².